The lowest BCUT2D eigenvalue weighted by atomic mass is 10.1. The van der Waals surface area contributed by atoms with Crippen LogP contribution in [-0.2, 0) is 11.3 Å². The first-order valence-electron chi connectivity index (χ1n) is 9.30. The maximum atomic E-state index is 12.9. The van der Waals surface area contributed by atoms with Gasteiger partial charge in [0.15, 0.2) is 0 Å². The largest absolute Gasteiger partial charge is 0.367 e. The molecule has 2 heterocycles. The van der Waals surface area contributed by atoms with E-state index in [9.17, 15) is 4.79 Å². The molecule has 0 unspecified atom stereocenters. The lowest BCUT2D eigenvalue weighted by Crippen LogP contribution is -2.35. The average Bonchev–Trinajstić information content (AvgIpc) is 3.08. The average molecular weight is 351 g/mol. The van der Waals surface area contributed by atoms with Crippen LogP contribution in [-0.4, -0.2) is 35.5 Å². The summed E-state index contributed by atoms with van der Waals surface area (Å²) in [4.78, 5) is 25.6. The van der Waals surface area contributed by atoms with Crippen molar-refractivity contribution in [2.75, 3.05) is 28.7 Å². The summed E-state index contributed by atoms with van der Waals surface area (Å²) in [7, 11) is 1.92. The van der Waals surface area contributed by atoms with Gasteiger partial charge < -0.3 is 15.1 Å². The molecule has 1 aromatic heterocycles. The molecule has 1 N–H and O–H groups in total. The van der Waals surface area contributed by atoms with Gasteiger partial charge in [0, 0.05) is 18.8 Å². The third kappa shape index (κ3) is 3.23. The van der Waals surface area contributed by atoms with Gasteiger partial charge in [-0.05, 0) is 37.5 Å². The minimum absolute atomic E-state index is 0.0721. The maximum Gasteiger partial charge on any atom is 0.246 e. The molecule has 1 aliphatic heterocycles. The zero-order chi connectivity index (χ0) is 18.1. The second kappa shape index (κ2) is 6.94. The first-order chi connectivity index (χ1) is 12.6. The van der Waals surface area contributed by atoms with Crippen LogP contribution in [0.3, 0.4) is 0 Å². The van der Waals surface area contributed by atoms with Gasteiger partial charge >= 0.3 is 0 Å². The number of anilines is 3. The Bertz CT molecular complexity index is 816. The van der Waals surface area contributed by atoms with Crippen molar-refractivity contribution in [2.45, 2.75) is 45.2 Å². The number of nitrogens with zero attached hydrogens (tertiary/aromatic N) is 4. The van der Waals surface area contributed by atoms with Gasteiger partial charge in [-0.15, -0.1) is 0 Å². The third-order valence-corrected chi connectivity index (χ3v) is 5.28. The van der Waals surface area contributed by atoms with Crippen molar-refractivity contribution in [1.82, 2.24) is 9.97 Å². The highest BCUT2D eigenvalue weighted by atomic mass is 16.2. The Morgan fingerprint density at radius 1 is 1.15 bits per heavy atom. The molecule has 26 heavy (non-hydrogen) atoms. The number of aromatic nitrogens is 2. The van der Waals surface area contributed by atoms with E-state index < -0.39 is 0 Å². The Kier molecular flexibility index (Phi) is 4.49. The fourth-order valence-corrected chi connectivity index (χ4v) is 3.91. The van der Waals surface area contributed by atoms with Gasteiger partial charge in [0.1, 0.15) is 18.0 Å². The number of hydrogen-bond donors (Lipinski definition) is 1. The predicted octanol–water partition coefficient (Wildman–Crippen LogP) is 3.12. The number of benzene rings is 1. The summed E-state index contributed by atoms with van der Waals surface area (Å²) in [5.41, 5.74) is 3.06. The van der Waals surface area contributed by atoms with E-state index in [2.05, 4.69) is 21.4 Å². The normalized spacial score (nSPS) is 18.0. The number of carbonyl (C=O) groups is 1. The van der Waals surface area contributed by atoms with Crippen LogP contribution >= 0.6 is 0 Å². The van der Waals surface area contributed by atoms with E-state index in [0.29, 0.717) is 19.1 Å². The molecule has 0 atom stereocenters. The molecule has 4 rings (SSSR count). The zero-order valence-electron chi connectivity index (χ0n) is 15.4. The van der Waals surface area contributed by atoms with E-state index in [-0.39, 0.29) is 5.91 Å². The minimum atomic E-state index is 0.0721. The Morgan fingerprint density at radius 3 is 2.73 bits per heavy atom. The second-order valence-electron chi connectivity index (χ2n) is 7.33. The molecule has 6 heteroatoms. The number of nitrogens with one attached hydrogen (secondary N) is 1. The maximum absolute atomic E-state index is 12.9. The molecular weight excluding hydrogens is 326 g/mol. The number of fused-ring (bicyclic) bond motifs is 1. The monoisotopic (exact) mass is 351 g/mol. The summed E-state index contributed by atoms with van der Waals surface area (Å²) >= 11 is 0. The number of amides is 1. The molecule has 1 fully saturated rings. The summed E-state index contributed by atoms with van der Waals surface area (Å²) in [5, 5.41) is 3.60. The molecule has 0 radical (unpaired) electrons. The first kappa shape index (κ1) is 16.8. The molecule has 0 spiro atoms. The highest BCUT2D eigenvalue weighted by Gasteiger charge is 2.29. The Hall–Kier alpha value is -2.63. The van der Waals surface area contributed by atoms with Crippen molar-refractivity contribution >= 4 is 23.2 Å². The van der Waals surface area contributed by atoms with E-state index in [1.54, 1.807) is 6.33 Å². The molecule has 136 valence electrons. The van der Waals surface area contributed by atoms with Crippen molar-refractivity contribution in [3.63, 3.8) is 0 Å². The van der Waals surface area contributed by atoms with Crippen molar-refractivity contribution in [3.05, 3.63) is 41.7 Å². The van der Waals surface area contributed by atoms with Crippen LogP contribution in [0.4, 0.5) is 17.3 Å². The highest BCUT2D eigenvalue weighted by molar-refractivity contribution is 5.98. The number of likely N-dealkylation sites (N-methyl/N-ethyl adjacent to an activating group) is 1. The number of carbonyl (C=O) groups excluding carboxylic acids is 1. The topological polar surface area (TPSA) is 61.4 Å². The lowest BCUT2D eigenvalue weighted by molar-refractivity contribution is -0.117. The Morgan fingerprint density at radius 2 is 1.96 bits per heavy atom. The molecule has 1 aliphatic carbocycles. The Labute approximate surface area is 154 Å². The SMILES string of the molecule is Cc1cccc(N2Cc3c(NC4CCCC4)ncnc3N(C)CC2=O)c1. The molecule has 0 bridgehead atoms. The summed E-state index contributed by atoms with van der Waals surface area (Å²) in [6.45, 7) is 2.83. The van der Waals surface area contributed by atoms with Crippen LogP contribution < -0.4 is 15.1 Å². The summed E-state index contributed by atoms with van der Waals surface area (Å²) in [6, 6.07) is 8.54. The van der Waals surface area contributed by atoms with E-state index in [1.807, 2.05) is 42.0 Å². The van der Waals surface area contributed by atoms with Crippen molar-refractivity contribution < 1.29 is 4.79 Å². The number of aryl methyl sites for hydroxylation is 1. The molecule has 1 saturated carbocycles. The molecule has 0 saturated heterocycles. The van der Waals surface area contributed by atoms with E-state index in [4.69, 9.17) is 0 Å². The van der Waals surface area contributed by atoms with Crippen LogP contribution in [0.2, 0.25) is 0 Å². The minimum Gasteiger partial charge on any atom is -0.367 e. The molecule has 2 aliphatic rings. The van der Waals surface area contributed by atoms with Crippen LogP contribution in [0.5, 0.6) is 0 Å². The van der Waals surface area contributed by atoms with Gasteiger partial charge in [0.05, 0.1) is 18.7 Å². The predicted molar refractivity (Wildman–Crippen MR) is 104 cm³/mol. The van der Waals surface area contributed by atoms with Crippen LogP contribution in [0.1, 0.15) is 36.8 Å². The fraction of sp³-hybridized carbons (Fsp3) is 0.450. The van der Waals surface area contributed by atoms with Crippen LogP contribution in [0.15, 0.2) is 30.6 Å². The molecule has 1 amide bonds. The van der Waals surface area contributed by atoms with Gasteiger partial charge in [-0.3, -0.25) is 4.79 Å². The van der Waals surface area contributed by atoms with Gasteiger partial charge in [0.25, 0.3) is 0 Å². The molecular formula is C20H25N5O. The second-order valence-corrected chi connectivity index (χ2v) is 7.33. The third-order valence-electron chi connectivity index (χ3n) is 5.28. The van der Waals surface area contributed by atoms with E-state index in [0.717, 1.165) is 28.5 Å². The van der Waals surface area contributed by atoms with Gasteiger partial charge in [0.2, 0.25) is 5.91 Å². The smallest absolute Gasteiger partial charge is 0.246 e. The Balaban J connectivity index is 1.72. The van der Waals surface area contributed by atoms with Crippen molar-refractivity contribution in [2.24, 2.45) is 0 Å². The summed E-state index contributed by atoms with van der Waals surface area (Å²) < 4.78 is 0. The standard InChI is InChI=1S/C20H25N5O/c1-14-6-5-9-16(10-14)25-11-17-19(23-15-7-3-4-8-15)21-13-22-20(17)24(2)12-18(25)26/h5-6,9-10,13,15H,3-4,7-8,11-12H2,1-2H3,(H,21,22,23). The fourth-order valence-electron chi connectivity index (χ4n) is 3.91. The number of hydrogen-bond acceptors (Lipinski definition) is 5. The van der Waals surface area contributed by atoms with Gasteiger partial charge in [-0.2, -0.15) is 0 Å². The van der Waals surface area contributed by atoms with Crippen molar-refractivity contribution in [1.29, 1.82) is 0 Å². The summed E-state index contributed by atoms with van der Waals surface area (Å²) in [5.74, 6) is 1.77. The van der Waals surface area contributed by atoms with Gasteiger partial charge in [-0.25, -0.2) is 9.97 Å². The quantitative estimate of drug-likeness (QED) is 0.921. The molecule has 2 aromatic rings. The molecule has 1 aromatic carbocycles. The van der Waals surface area contributed by atoms with Crippen LogP contribution in [0.25, 0.3) is 0 Å². The first-order valence-corrected chi connectivity index (χ1v) is 9.30. The van der Waals surface area contributed by atoms with E-state index in [1.165, 1.54) is 25.7 Å². The zero-order valence-corrected chi connectivity index (χ0v) is 15.4. The summed E-state index contributed by atoms with van der Waals surface area (Å²) in [6.07, 6.45) is 6.47. The highest BCUT2D eigenvalue weighted by Crippen LogP contribution is 2.32. The van der Waals surface area contributed by atoms with Crippen LogP contribution in [0, 0.1) is 6.92 Å². The lowest BCUT2D eigenvalue weighted by Gasteiger charge is -2.23. The van der Waals surface area contributed by atoms with Gasteiger partial charge in [-0.1, -0.05) is 25.0 Å². The molecule has 6 nitrogen and oxygen atoms in total. The van der Waals surface area contributed by atoms with Crippen molar-refractivity contribution in [3.8, 4) is 0 Å². The number of rotatable bonds is 3. The van der Waals surface area contributed by atoms with E-state index >= 15 is 0 Å².